The molecule has 42 heavy (non-hydrogen) atoms. The average Bonchev–Trinajstić information content (AvgIpc) is 3.01. The number of carbonyl (C=O) groups is 3. The third kappa shape index (κ3) is 7.75. The van der Waals surface area contributed by atoms with Crippen LogP contribution in [0.25, 0.3) is 16.8 Å². The Balaban J connectivity index is 1.33. The molecule has 5 aromatic carbocycles. The Bertz CT molecular complexity index is 1770. The van der Waals surface area contributed by atoms with E-state index < -0.39 is 11.8 Å². The van der Waals surface area contributed by atoms with E-state index in [1.165, 1.54) is 11.8 Å². The fourth-order valence-electron chi connectivity index (χ4n) is 4.22. The van der Waals surface area contributed by atoms with Crippen molar-refractivity contribution in [1.29, 1.82) is 0 Å². The van der Waals surface area contributed by atoms with E-state index in [2.05, 4.69) is 31.9 Å². The third-order valence-electron chi connectivity index (χ3n) is 6.24. The smallest absolute Gasteiger partial charge is 0.272 e. The molecule has 5 rings (SSSR count). The van der Waals surface area contributed by atoms with Gasteiger partial charge in [-0.3, -0.25) is 14.4 Å². The Kier molecular flexibility index (Phi) is 9.48. The van der Waals surface area contributed by atoms with Gasteiger partial charge in [-0.15, -0.1) is 11.8 Å². The number of hydrogen-bond acceptors (Lipinski definition) is 4. The summed E-state index contributed by atoms with van der Waals surface area (Å²) < 4.78 is 0.934. The molecular formula is C34H26BrN3O3S. The highest BCUT2D eigenvalue weighted by atomic mass is 79.9. The number of anilines is 2. The molecule has 0 aliphatic rings. The van der Waals surface area contributed by atoms with E-state index in [1.54, 1.807) is 48.5 Å². The molecule has 0 spiro atoms. The number of fused-ring (bicyclic) bond motifs is 1. The number of hydrogen-bond donors (Lipinski definition) is 3. The molecule has 0 atom stereocenters. The van der Waals surface area contributed by atoms with Gasteiger partial charge in [0, 0.05) is 26.3 Å². The molecule has 8 heteroatoms. The highest BCUT2D eigenvalue weighted by molar-refractivity contribution is 9.10. The van der Waals surface area contributed by atoms with Crippen molar-refractivity contribution in [2.75, 3.05) is 16.4 Å². The second kappa shape index (κ2) is 13.8. The van der Waals surface area contributed by atoms with Crippen LogP contribution in [-0.4, -0.2) is 23.5 Å². The lowest BCUT2D eigenvalue weighted by Gasteiger charge is -2.13. The lowest BCUT2D eigenvalue weighted by Crippen LogP contribution is -2.30. The van der Waals surface area contributed by atoms with Crippen LogP contribution in [0.3, 0.4) is 0 Å². The van der Waals surface area contributed by atoms with Crippen molar-refractivity contribution in [3.8, 4) is 0 Å². The van der Waals surface area contributed by atoms with Gasteiger partial charge in [0.2, 0.25) is 5.91 Å². The van der Waals surface area contributed by atoms with Gasteiger partial charge in [0.05, 0.1) is 5.75 Å². The number of carbonyl (C=O) groups excluding carboxylic acids is 3. The Hall–Kier alpha value is -4.66. The molecule has 0 saturated heterocycles. The summed E-state index contributed by atoms with van der Waals surface area (Å²) in [6.07, 6.45) is 1.68. The number of benzene rings is 5. The van der Waals surface area contributed by atoms with Crippen molar-refractivity contribution in [2.45, 2.75) is 4.90 Å². The zero-order valence-corrected chi connectivity index (χ0v) is 24.7. The molecule has 0 aliphatic carbocycles. The second-order valence-corrected chi connectivity index (χ2v) is 11.2. The zero-order chi connectivity index (χ0) is 29.3. The molecule has 0 unspecified atom stereocenters. The zero-order valence-electron chi connectivity index (χ0n) is 22.3. The number of thioether (sulfide) groups is 1. The van der Waals surface area contributed by atoms with Gasteiger partial charge in [0.15, 0.2) is 0 Å². The van der Waals surface area contributed by atoms with E-state index in [0.717, 1.165) is 25.7 Å². The Labute approximate surface area is 256 Å². The van der Waals surface area contributed by atoms with Gasteiger partial charge < -0.3 is 16.0 Å². The topological polar surface area (TPSA) is 87.3 Å². The van der Waals surface area contributed by atoms with Crippen LogP contribution < -0.4 is 16.0 Å². The monoisotopic (exact) mass is 635 g/mol. The van der Waals surface area contributed by atoms with Crippen LogP contribution in [0.4, 0.5) is 11.4 Å². The standard InChI is InChI=1S/C34H26BrN3O3S/c35-26-16-18-27(19-17-26)36-32(39)22-42-29-14-7-13-28(21-29)37-34(41)31(38-33(40)24-9-2-1-3-10-24)20-25-12-6-11-23-8-4-5-15-30(23)25/h1-21H,22H2,(H,36,39)(H,37,41)(H,38,40)/b31-20+. The fraction of sp³-hybridized carbons (Fsp3) is 0.0294. The lowest BCUT2D eigenvalue weighted by molar-refractivity contribution is -0.114. The molecule has 0 heterocycles. The van der Waals surface area contributed by atoms with E-state index in [9.17, 15) is 14.4 Å². The van der Waals surface area contributed by atoms with Crippen LogP contribution in [0.5, 0.6) is 0 Å². The maximum absolute atomic E-state index is 13.6. The predicted octanol–water partition coefficient (Wildman–Crippen LogP) is 7.74. The quantitative estimate of drug-likeness (QED) is 0.114. The summed E-state index contributed by atoms with van der Waals surface area (Å²) in [5, 5.41) is 10.5. The minimum absolute atomic E-state index is 0.104. The minimum Gasteiger partial charge on any atom is -0.325 e. The maximum atomic E-state index is 13.6. The summed E-state index contributed by atoms with van der Waals surface area (Å²) in [7, 11) is 0. The first kappa shape index (κ1) is 28.9. The normalized spacial score (nSPS) is 11.1. The third-order valence-corrected chi connectivity index (χ3v) is 7.76. The molecule has 0 aliphatic heterocycles. The summed E-state index contributed by atoms with van der Waals surface area (Å²) in [5.41, 5.74) is 2.60. The van der Waals surface area contributed by atoms with Gasteiger partial charge in [-0.1, -0.05) is 82.7 Å². The number of halogens is 1. The van der Waals surface area contributed by atoms with Gasteiger partial charge in [-0.25, -0.2) is 0 Å². The van der Waals surface area contributed by atoms with E-state index in [1.807, 2.05) is 78.9 Å². The fourth-order valence-corrected chi connectivity index (χ4v) is 5.23. The molecule has 3 N–H and O–H groups in total. The van der Waals surface area contributed by atoms with Gasteiger partial charge in [0.25, 0.3) is 11.8 Å². The molecule has 0 bridgehead atoms. The summed E-state index contributed by atoms with van der Waals surface area (Å²) in [6.45, 7) is 0. The van der Waals surface area contributed by atoms with Crippen molar-refractivity contribution >= 4 is 73.6 Å². The summed E-state index contributed by atoms with van der Waals surface area (Å²) >= 11 is 4.74. The van der Waals surface area contributed by atoms with Crippen molar-refractivity contribution in [3.05, 3.63) is 143 Å². The van der Waals surface area contributed by atoms with Crippen LogP contribution in [0.15, 0.2) is 136 Å². The Morgan fingerprint density at radius 2 is 1.43 bits per heavy atom. The van der Waals surface area contributed by atoms with Crippen molar-refractivity contribution in [2.24, 2.45) is 0 Å². The van der Waals surface area contributed by atoms with E-state index >= 15 is 0 Å². The molecule has 0 radical (unpaired) electrons. The van der Waals surface area contributed by atoms with Crippen LogP contribution in [0.2, 0.25) is 0 Å². The van der Waals surface area contributed by atoms with Gasteiger partial charge in [-0.2, -0.15) is 0 Å². The van der Waals surface area contributed by atoms with Gasteiger partial charge in [-0.05, 0) is 77.0 Å². The minimum atomic E-state index is -0.470. The molecule has 0 aromatic heterocycles. The van der Waals surface area contributed by atoms with E-state index in [-0.39, 0.29) is 17.4 Å². The molecule has 0 fully saturated rings. The molecule has 3 amide bonds. The Morgan fingerprint density at radius 3 is 2.24 bits per heavy atom. The largest absolute Gasteiger partial charge is 0.325 e. The van der Waals surface area contributed by atoms with E-state index in [0.29, 0.717) is 16.9 Å². The summed E-state index contributed by atoms with van der Waals surface area (Å²) in [5.74, 6) is -0.798. The molecule has 208 valence electrons. The molecule has 6 nitrogen and oxygen atoms in total. The SMILES string of the molecule is O=C(CSc1cccc(NC(=O)/C(=C\c2cccc3ccccc23)NC(=O)c2ccccc2)c1)Nc1ccc(Br)cc1. The van der Waals surface area contributed by atoms with Crippen LogP contribution in [0.1, 0.15) is 15.9 Å². The van der Waals surface area contributed by atoms with Crippen LogP contribution in [-0.2, 0) is 9.59 Å². The Morgan fingerprint density at radius 1 is 0.714 bits per heavy atom. The molecule has 0 saturated carbocycles. The highest BCUT2D eigenvalue weighted by Gasteiger charge is 2.16. The van der Waals surface area contributed by atoms with Crippen molar-refractivity contribution in [1.82, 2.24) is 5.32 Å². The highest BCUT2D eigenvalue weighted by Crippen LogP contribution is 2.24. The first-order valence-corrected chi connectivity index (χ1v) is 14.9. The first-order valence-electron chi connectivity index (χ1n) is 13.1. The van der Waals surface area contributed by atoms with Crippen molar-refractivity contribution < 1.29 is 14.4 Å². The molecule has 5 aromatic rings. The predicted molar refractivity (Wildman–Crippen MR) is 174 cm³/mol. The first-order chi connectivity index (χ1) is 20.4. The number of rotatable bonds is 9. The van der Waals surface area contributed by atoms with Crippen molar-refractivity contribution in [3.63, 3.8) is 0 Å². The van der Waals surface area contributed by atoms with Gasteiger partial charge in [0.1, 0.15) is 5.70 Å². The maximum Gasteiger partial charge on any atom is 0.272 e. The van der Waals surface area contributed by atoms with Crippen LogP contribution in [0, 0.1) is 0 Å². The van der Waals surface area contributed by atoms with Gasteiger partial charge >= 0.3 is 0 Å². The number of amides is 3. The average molecular weight is 637 g/mol. The summed E-state index contributed by atoms with van der Waals surface area (Å²) in [4.78, 5) is 39.9. The van der Waals surface area contributed by atoms with Crippen LogP contribution >= 0.6 is 27.7 Å². The van der Waals surface area contributed by atoms with E-state index in [4.69, 9.17) is 0 Å². The molecular weight excluding hydrogens is 610 g/mol. The number of nitrogens with one attached hydrogen (secondary N) is 3. The summed E-state index contributed by atoms with van der Waals surface area (Å²) in [6, 6.07) is 37.0. The lowest BCUT2D eigenvalue weighted by atomic mass is 10.0. The second-order valence-electron chi connectivity index (χ2n) is 9.27.